The van der Waals surface area contributed by atoms with Gasteiger partial charge in [0.25, 0.3) is 0 Å². The number of sulfonamides is 1. The zero-order chi connectivity index (χ0) is 14.6. The normalized spacial score (nSPS) is 11.5. The van der Waals surface area contributed by atoms with E-state index >= 15 is 0 Å². The number of benzene rings is 2. The van der Waals surface area contributed by atoms with Crippen molar-refractivity contribution in [3.8, 4) is 0 Å². The topological polar surface area (TPSA) is 66.4 Å². The van der Waals surface area contributed by atoms with Crippen molar-refractivity contribution in [2.45, 2.75) is 18.0 Å². The van der Waals surface area contributed by atoms with Gasteiger partial charge in [0.05, 0.1) is 11.5 Å². The molecular formula is C14H14BrNO3S. The molecule has 2 N–H and O–H groups in total. The fourth-order valence-electron chi connectivity index (χ4n) is 1.79. The lowest BCUT2D eigenvalue weighted by molar-refractivity contribution is 0.278. The minimum Gasteiger partial charge on any atom is -0.392 e. The van der Waals surface area contributed by atoms with E-state index in [-0.39, 0.29) is 18.0 Å². The zero-order valence-electron chi connectivity index (χ0n) is 10.6. The van der Waals surface area contributed by atoms with Gasteiger partial charge in [0.2, 0.25) is 10.0 Å². The number of aliphatic hydroxyl groups is 1. The van der Waals surface area contributed by atoms with E-state index < -0.39 is 10.0 Å². The zero-order valence-corrected chi connectivity index (χ0v) is 13.0. The second-order valence-electron chi connectivity index (χ2n) is 4.18. The second-order valence-corrected chi connectivity index (χ2v) is 6.77. The van der Waals surface area contributed by atoms with Gasteiger partial charge in [-0.15, -0.1) is 0 Å². The first-order valence-electron chi connectivity index (χ1n) is 5.96. The highest BCUT2D eigenvalue weighted by molar-refractivity contribution is 9.10. The summed E-state index contributed by atoms with van der Waals surface area (Å²) in [5, 5.41) is 9.21. The Hall–Kier alpha value is -1.21. The molecule has 6 heteroatoms. The lowest BCUT2D eigenvalue weighted by Gasteiger charge is -2.10. The Morgan fingerprint density at radius 3 is 2.25 bits per heavy atom. The van der Waals surface area contributed by atoms with Crippen LogP contribution >= 0.6 is 15.9 Å². The summed E-state index contributed by atoms with van der Waals surface area (Å²) >= 11 is 3.37. The van der Waals surface area contributed by atoms with Crippen LogP contribution in [0.4, 0.5) is 0 Å². The molecule has 2 aromatic rings. The molecule has 0 amide bonds. The highest BCUT2D eigenvalue weighted by atomic mass is 79.9. The molecule has 0 fully saturated rings. The third-order valence-electron chi connectivity index (χ3n) is 2.84. The molecule has 0 bridgehead atoms. The van der Waals surface area contributed by atoms with E-state index in [0.717, 1.165) is 10.0 Å². The molecule has 0 aliphatic heterocycles. The first-order chi connectivity index (χ1) is 9.54. The Kier molecular flexibility index (Phi) is 4.93. The van der Waals surface area contributed by atoms with Crippen LogP contribution in [-0.4, -0.2) is 13.5 Å². The number of hydrogen-bond acceptors (Lipinski definition) is 3. The number of halogens is 1. The van der Waals surface area contributed by atoms with E-state index in [0.29, 0.717) is 5.56 Å². The largest absolute Gasteiger partial charge is 0.392 e. The van der Waals surface area contributed by atoms with E-state index in [2.05, 4.69) is 20.7 Å². The summed E-state index contributed by atoms with van der Waals surface area (Å²) in [4.78, 5) is 0.106. The van der Waals surface area contributed by atoms with Crippen molar-refractivity contribution < 1.29 is 13.5 Å². The molecule has 0 unspecified atom stereocenters. The minimum atomic E-state index is -3.65. The predicted octanol–water partition coefficient (Wildman–Crippen LogP) is 2.42. The maximum Gasteiger partial charge on any atom is 0.241 e. The highest BCUT2D eigenvalue weighted by Crippen LogP contribution is 2.18. The number of aliphatic hydroxyl groups excluding tert-OH is 1. The van der Waals surface area contributed by atoms with Gasteiger partial charge < -0.3 is 5.11 Å². The Balaban J connectivity index is 2.22. The summed E-state index contributed by atoms with van der Waals surface area (Å²) in [7, 11) is -3.65. The Bertz CT molecular complexity index is 701. The van der Waals surface area contributed by atoms with Crippen molar-refractivity contribution in [2.24, 2.45) is 0 Å². The molecule has 0 aromatic heterocycles. The van der Waals surface area contributed by atoms with Gasteiger partial charge in [-0.3, -0.25) is 0 Å². The van der Waals surface area contributed by atoms with Crippen molar-refractivity contribution in [1.82, 2.24) is 4.72 Å². The Morgan fingerprint density at radius 2 is 1.60 bits per heavy atom. The van der Waals surface area contributed by atoms with Gasteiger partial charge in [-0.1, -0.05) is 52.3 Å². The standard InChI is InChI=1S/C14H14BrNO3S/c15-13-7-3-1-5-11(13)9-16-20(18,19)14-8-4-2-6-12(14)10-17/h1-8,16-17H,9-10H2. The molecule has 0 aliphatic carbocycles. The summed E-state index contributed by atoms with van der Waals surface area (Å²) in [6.07, 6.45) is 0. The molecule has 0 saturated carbocycles. The second kappa shape index (κ2) is 6.49. The van der Waals surface area contributed by atoms with Crippen LogP contribution in [-0.2, 0) is 23.2 Å². The molecule has 0 radical (unpaired) electrons. The fourth-order valence-corrected chi connectivity index (χ4v) is 3.45. The van der Waals surface area contributed by atoms with Crippen molar-refractivity contribution in [3.63, 3.8) is 0 Å². The van der Waals surface area contributed by atoms with Gasteiger partial charge in [0.15, 0.2) is 0 Å². The van der Waals surface area contributed by atoms with Crippen LogP contribution in [0.5, 0.6) is 0 Å². The van der Waals surface area contributed by atoms with Crippen LogP contribution in [0.1, 0.15) is 11.1 Å². The van der Waals surface area contributed by atoms with E-state index in [4.69, 9.17) is 0 Å². The van der Waals surface area contributed by atoms with Crippen molar-refractivity contribution >= 4 is 26.0 Å². The van der Waals surface area contributed by atoms with E-state index in [1.54, 1.807) is 18.2 Å². The molecule has 20 heavy (non-hydrogen) atoms. The third kappa shape index (κ3) is 3.46. The summed E-state index contributed by atoms with van der Waals surface area (Å²) in [5.41, 5.74) is 1.23. The molecule has 106 valence electrons. The van der Waals surface area contributed by atoms with Crippen LogP contribution in [0.25, 0.3) is 0 Å². The van der Waals surface area contributed by atoms with E-state index in [9.17, 15) is 13.5 Å². The maximum absolute atomic E-state index is 12.3. The molecule has 0 saturated heterocycles. The maximum atomic E-state index is 12.3. The minimum absolute atomic E-state index is 0.106. The van der Waals surface area contributed by atoms with Crippen LogP contribution in [0.3, 0.4) is 0 Å². The van der Waals surface area contributed by atoms with Gasteiger partial charge in [0.1, 0.15) is 0 Å². The molecule has 4 nitrogen and oxygen atoms in total. The highest BCUT2D eigenvalue weighted by Gasteiger charge is 2.17. The van der Waals surface area contributed by atoms with Gasteiger partial charge >= 0.3 is 0 Å². The predicted molar refractivity (Wildman–Crippen MR) is 80.5 cm³/mol. The van der Waals surface area contributed by atoms with Gasteiger partial charge in [0, 0.05) is 11.0 Å². The van der Waals surface area contributed by atoms with Gasteiger partial charge in [-0.25, -0.2) is 13.1 Å². The smallest absolute Gasteiger partial charge is 0.241 e. The lowest BCUT2D eigenvalue weighted by Crippen LogP contribution is -2.24. The quantitative estimate of drug-likeness (QED) is 0.865. The first-order valence-corrected chi connectivity index (χ1v) is 8.24. The Labute approximate surface area is 126 Å². The lowest BCUT2D eigenvalue weighted by atomic mass is 10.2. The van der Waals surface area contributed by atoms with E-state index in [1.807, 2.05) is 24.3 Å². The average molecular weight is 356 g/mol. The van der Waals surface area contributed by atoms with Gasteiger partial charge in [-0.2, -0.15) is 0 Å². The summed E-state index contributed by atoms with van der Waals surface area (Å²) in [6, 6.07) is 13.8. The van der Waals surface area contributed by atoms with Crippen molar-refractivity contribution in [3.05, 3.63) is 64.1 Å². The number of hydrogen-bond donors (Lipinski definition) is 2. The van der Waals surface area contributed by atoms with Gasteiger partial charge in [-0.05, 0) is 23.3 Å². The molecular weight excluding hydrogens is 342 g/mol. The Morgan fingerprint density at radius 1 is 1.00 bits per heavy atom. The number of rotatable bonds is 5. The average Bonchev–Trinajstić information content (AvgIpc) is 2.46. The molecule has 2 aromatic carbocycles. The SMILES string of the molecule is O=S(=O)(NCc1ccccc1Br)c1ccccc1CO. The summed E-state index contributed by atoms with van der Waals surface area (Å²) in [5.74, 6) is 0. The molecule has 2 rings (SSSR count). The van der Waals surface area contributed by atoms with Crippen LogP contribution < -0.4 is 4.72 Å². The molecule has 0 heterocycles. The fraction of sp³-hybridized carbons (Fsp3) is 0.143. The first kappa shape index (κ1) is 15.2. The van der Waals surface area contributed by atoms with Crippen LogP contribution in [0, 0.1) is 0 Å². The van der Waals surface area contributed by atoms with Crippen LogP contribution in [0.15, 0.2) is 57.9 Å². The monoisotopic (exact) mass is 355 g/mol. The molecule has 0 atom stereocenters. The molecule has 0 aliphatic rings. The third-order valence-corrected chi connectivity index (χ3v) is 5.12. The van der Waals surface area contributed by atoms with Crippen molar-refractivity contribution in [1.29, 1.82) is 0 Å². The van der Waals surface area contributed by atoms with Crippen LogP contribution in [0.2, 0.25) is 0 Å². The summed E-state index contributed by atoms with van der Waals surface area (Å²) < 4.78 is 27.9. The number of nitrogens with one attached hydrogen (secondary N) is 1. The van der Waals surface area contributed by atoms with E-state index in [1.165, 1.54) is 6.07 Å². The van der Waals surface area contributed by atoms with Crippen molar-refractivity contribution in [2.75, 3.05) is 0 Å². The molecule has 0 spiro atoms. The summed E-state index contributed by atoms with van der Waals surface area (Å²) in [6.45, 7) is -0.129.